The second-order valence-corrected chi connectivity index (χ2v) is 5.95. The normalized spacial score (nSPS) is 13.4. The molecule has 2 atom stereocenters. The molecule has 5 nitrogen and oxygen atoms in total. The lowest BCUT2D eigenvalue weighted by molar-refractivity contribution is -0.102. The number of aliphatic hydroxyl groups is 2. The Labute approximate surface area is 148 Å². The topological polar surface area (TPSA) is 68.2 Å². The van der Waals surface area contributed by atoms with E-state index < -0.39 is 12.2 Å². The van der Waals surface area contributed by atoms with Gasteiger partial charge in [-0.3, -0.25) is 0 Å². The smallest absolute Gasteiger partial charge is 0.118 e. The molecule has 0 amide bonds. The van der Waals surface area contributed by atoms with E-state index in [4.69, 9.17) is 14.2 Å². The van der Waals surface area contributed by atoms with E-state index >= 15 is 0 Å². The molecule has 25 heavy (non-hydrogen) atoms. The van der Waals surface area contributed by atoms with Gasteiger partial charge in [-0.25, -0.2) is 0 Å². The van der Waals surface area contributed by atoms with Crippen LogP contribution in [0.15, 0.2) is 48.5 Å². The second kappa shape index (κ2) is 10.2. The molecule has 2 N–H and O–H groups in total. The zero-order valence-corrected chi connectivity index (χ0v) is 14.7. The van der Waals surface area contributed by atoms with Crippen LogP contribution in [-0.4, -0.2) is 42.7 Å². The van der Waals surface area contributed by atoms with Crippen molar-refractivity contribution < 1.29 is 24.4 Å². The maximum atomic E-state index is 9.93. The minimum Gasteiger partial charge on any atom is -0.497 e. The SMILES string of the molecule is COc1ccc(COC[C@H](OCc2ccc(C)cc2)[C@H](O)CO)cc1. The number of benzene rings is 2. The first-order valence-electron chi connectivity index (χ1n) is 8.29. The lowest BCUT2D eigenvalue weighted by Gasteiger charge is -2.22. The van der Waals surface area contributed by atoms with Crippen molar-refractivity contribution in [3.8, 4) is 5.75 Å². The molecule has 0 unspecified atom stereocenters. The van der Waals surface area contributed by atoms with E-state index in [9.17, 15) is 10.2 Å². The molecular formula is C20H26O5. The minimum atomic E-state index is -0.985. The number of hydrogen-bond acceptors (Lipinski definition) is 5. The van der Waals surface area contributed by atoms with E-state index in [0.717, 1.165) is 16.9 Å². The number of hydrogen-bond donors (Lipinski definition) is 2. The zero-order chi connectivity index (χ0) is 18.1. The summed E-state index contributed by atoms with van der Waals surface area (Å²) in [7, 11) is 1.62. The lowest BCUT2D eigenvalue weighted by atomic mass is 10.1. The molecule has 0 saturated carbocycles. The number of aryl methyl sites for hydroxylation is 1. The molecule has 0 aromatic heterocycles. The molecule has 2 rings (SSSR count). The highest BCUT2D eigenvalue weighted by Crippen LogP contribution is 2.13. The van der Waals surface area contributed by atoms with Crippen LogP contribution in [0.2, 0.25) is 0 Å². The molecule has 0 aliphatic carbocycles. The Morgan fingerprint density at radius 3 is 2.12 bits per heavy atom. The summed E-state index contributed by atoms with van der Waals surface area (Å²) < 4.78 is 16.5. The number of aliphatic hydroxyl groups excluding tert-OH is 2. The van der Waals surface area contributed by atoms with Gasteiger partial charge in [-0.1, -0.05) is 42.0 Å². The van der Waals surface area contributed by atoms with E-state index in [0.29, 0.717) is 13.2 Å². The highest BCUT2D eigenvalue weighted by molar-refractivity contribution is 5.26. The van der Waals surface area contributed by atoms with Crippen molar-refractivity contribution in [1.29, 1.82) is 0 Å². The van der Waals surface area contributed by atoms with Crippen molar-refractivity contribution in [3.05, 3.63) is 65.2 Å². The van der Waals surface area contributed by atoms with Crippen LogP contribution in [0.3, 0.4) is 0 Å². The lowest BCUT2D eigenvalue weighted by Crippen LogP contribution is -2.36. The fourth-order valence-corrected chi connectivity index (χ4v) is 2.29. The Hall–Kier alpha value is -1.92. The summed E-state index contributed by atoms with van der Waals surface area (Å²) in [6, 6.07) is 15.6. The predicted octanol–water partition coefficient (Wildman–Crippen LogP) is 2.46. The van der Waals surface area contributed by atoms with E-state index in [1.54, 1.807) is 7.11 Å². The average molecular weight is 346 g/mol. The molecule has 0 fully saturated rings. The van der Waals surface area contributed by atoms with Crippen molar-refractivity contribution in [3.63, 3.8) is 0 Å². The number of rotatable bonds is 10. The maximum Gasteiger partial charge on any atom is 0.118 e. The van der Waals surface area contributed by atoms with Crippen LogP contribution in [0.25, 0.3) is 0 Å². The predicted molar refractivity (Wildman–Crippen MR) is 95.5 cm³/mol. The van der Waals surface area contributed by atoms with Gasteiger partial charge in [0.2, 0.25) is 0 Å². The molecule has 0 aliphatic rings. The molecule has 0 bridgehead atoms. The quantitative estimate of drug-likeness (QED) is 0.692. The summed E-state index contributed by atoms with van der Waals surface area (Å²) in [4.78, 5) is 0. The molecule has 0 spiro atoms. The van der Waals surface area contributed by atoms with Crippen LogP contribution in [0.1, 0.15) is 16.7 Å². The highest BCUT2D eigenvalue weighted by atomic mass is 16.5. The first-order valence-corrected chi connectivity index (χ1v) is 8.29. The molecular weight excluding hydrogens is 320 g/mol. The molecule has 0 saturated heterocycles. The van der Waals surface area contributed by atoms with Crippen LogP contribution in [0.4, 0.5) is 0 Å². The van der Waals surface area contributed by atoms with Gasteiger partial charge >= 0.3 is 0 Å². The standard InChI is InChI=1S/C20H26O5/c1-15-3-5-17(6-4-15)13-25-20(19(22)11-21)14-24-12-16-7-9-18(23-2)10-8-16/h3-10,19-22H,11-14H2,1-2H3/t19-,20+/m1/s1. The molecule has 0 heterocycles. The third-order valence-electron chi connectivity index (χ3n) is 3.91. The molecule has 136 valence electrons. The third kappa shape index (κ3) is 6.48. The number of methoxy groups -OCH3 is 1. The van der Waals surface area contributed by atoms with Gasteiger partial charge in [0, 0.05) is 0 Å². The Bertz CT molecular complexity index is 609. The summed E-state index contributed by atoms with van der Waals surface area (Å²) in [6.07, 6.45) is -1.58. The van der Waals surface area contributed by atoms with E-state index in [2.05, 4.69) is 0 Å². The van der Waals surface area contributed by atoms with Gasteiger partial charge in [-0.05, 0) is 30.2 Å². The minimum absolute atomic E-state index is 0.194. The second-order valence-electron chi connectivity index (χ2n) is 5.95. The van der Waals surface area contributed by atoms with Gasteiger partial charge in [-0.2, -0.15) is 0 Å². The summed E-state index contributed by atoms with van der Waals surface area (Å²) in [6.45, 7) is 2.60. The monoisotopic (exact) mass is 346 g/mol. The van der Waals surface area contributed by atoms with Crippen LogP contribution in [0.5, 0.6) is 5.75 Å². The van der Waals surface area contributed by atoms with Gasteiger partial charge in [0.15, 0.2) is 0 Å². The van der Waals surface area contributed by atoms with Gasteiger partial charge in [-0.15, -0.1) is 0 Å². The Kier molecular flexibility index (Phi) is 7.88. The van der Waals surface area contributed by atoms with Gasteiger partial charge < -0.3 is 24.4 Å². The fraction of sp³-hybridized carbons (Fsp3) is 0.400. The van der Waals surface area contributed by atoms with Crippen LogP contribution >= 0.6 is 0 Å². The first kappa shape index (κ1) is 19.4. The highest BCUT2D eigenvalue weighted by Gasteiger charge is 2.19. The molecule has 2 aromatic carbocycles. The van der Waals surface area contributed by atoms with Crippen molar-refractivity contribution >= 4 is 0 Å². The molecule has 2 aromatic rings. The molecule has 0 aliphatic heterocycles. The van der Waals surface area contributed by atoms with Crippen LogP contribution in [-0.2, 0) is 22.7 Å². The first-order chi connectivity index (χ1) is 12.1. The molecule has 0 radical (unpaired) electrons. The van der Waals surface area contributed by atoms with Crippen molar-refractivity contribution in [2.75, 3.05) is 20.3 Å². The largest absolute Gasteiger partial charge is 0.497 e. The van der Waals surface area contributed by atoms with E-state index in [1.807, 2.05) is 55.5 Å². The van der Waals surface area contributed by atoms with Gasteiger partial charge in [0.05, 0.1) is 33.5 Å². The Morgan fingerprint density at radius 1 is 0.920 bits per heavy atom. The summed E-state index contributed by atoms with van der Waals surface area (Å²) >= 11 is 0. The third-order valence-corrected chi connectivity index (χ3v) is 3.91. The molecule has 5 heteroatoms. The van der Waals surface area contributed by atoms with E-state index in [1.165, 1.54) is 5.56 Å². The number of ether oxygens (including phenoxy) is 3. The average Bonchev–Trinajstić information content (AvgIpc) is 2.65. The summed E-state index contributed by atoms with van der Waals surface area (Å²) in [5.74, 6) is 0.791. The van der Waals surface area contributed by atoms with Gasteiger partial charge in [0.25, 0.3) is 0 Å². The van der Waals surface area contributed by atoms with E-state index in [-0.39, 0.29) is 13.2 Å². The fourth-order valence-electron chi connectivity index (χ4n) is 2.29. The maximum absolute atomic E-state index is 9.93. The van der Waals surface area contributed by atoms with Gasteiger partial charge in [0.1, 0.15) is 18.0 Å². The summed E-state index contributed by atoms with van der Waals surface area (Å²) in [5, 5.41) is 19.1. The van der Waals surface area contributed by atoms with Crippen LogP contribution in [0, 0.1) is 6.92 Å². The van der Waals surface area contributed by atoms with Crippen LogP contribution < -0.4 is 4.74 Å². The van der Waals surface area contributed by atoms with Crippen molar-refractivity contribution in [1.82, 2.24) is 0 Å². The zero-order valence-electron chi connectivity index (χ0n) is 14.7. The summed E-state index contributed by atoms with van der Waals surface area (Å²) in [5.41, 5.74) is 3.19. The Morgan fingerprint density at radius 2 is 1.52 bits per heavy atom. The van der Waals surface area contributed by atoms with Crippen molar-refractivity contribution in [2.45, 2.75) is 32.3 Å². The Balaban J connectivity index is 1.83. The van der Waals surface area contributed by atoms with Crippen molar-refractivity contribution in [2.24, 2.45) is 0 Å².